The Morgan fingerprint density at radius 3 is 2.32 bits per heavy atom. The Morgan fingerprint density at radius 2 is 1.80 bits per heavy atom. The van der Waals surface area contributed by atoms with E-state index < -0.39 is 18.3 Å². The molecule has 0 unspecified atom stereocenters. The summed E-state index contributed by atoms with van der Waals surface area (Å²) < 4.78 is 32.0. The average molecular weight is 348 g/mol. The van der Waals surface area contributed by atoms with Crippen LogP contribution in [0.3, 0.4) is 0 Å². The third-order valence-electron chi connectivity index (χ3n) is 5.26. The van der Waals surface area contributed by atoms with Gasteiger partial charge in [-0.3, -0.25) is 0 Å². The van der Waals surface area contributed by atoms with Crippen molar-refractivity contribution in [2.75, 3.05) is 6.61 Å². The minimum Gasteiger partial charge on any atom is -0.477 e. The molecule has 0 amide bonds. The lowest BCUT2D eigenvalue weighted by Gasteiger charge is -2.32. The third kappa shape index (κ3) is 3.87. The van der Waals surface area contributed by atoms with E-state index in [1.165, 1.54) is 0 Å². The summed E-state index contributed by atoms with van der Waals surface area (Å²) in [5.74, 6) is 1.19. The molecule has 25 heavy (non-hydrogen) atoms. The SMILES string of the molecule is Cc1cc(OCC2(C=C(F)B3OC(C)(C)C(C)(C)O3)CC2)nc(C)n1. The van der Waals surface area contributed by atoms with E-state index in [0.29, 0.717) is 18.3 Å². The standard InChI is InChI=1S/C18H26BFN2O3/c1-12-9-15(22-13(2)21-12)23-11-18(7-8-18)10-14(20)19-24-16(3,4)17(5,6)25-19/h9-10H,7-8,11H2,1-6H3. The van der Waals surface area contributed by atoms with Crippen molar-refractivity contribution in [2.24, 2.45) is 5.41 Å². The molecule has 0 aromatic carbocycles. The molecule has 0 spiro atoms. The molecule has 2 fully saturated rings. The molecule has 0 radical (unpaired) electrons. The fourth-order valence-corrected chi connectivity index (χ4v) is 2.78. The smallest absolute Gasteiger partial charge is 0.477 e. The summed E-state index contributed by atoms with van der Waals surface area (Å²) in [6.45, 7) is 11.8. The van der Waals surface area contributed by atoms with Crippen molar-refractivity contribution in [2.45, 2.75) is 65.6 Å². The maximum Gasteiger partial charge on any atom is 0.524 e. The van der Waals surface area contributed by atoms with Crippen molar-refractivity contribution in [3.63, 3.8) is 0 Å². The maximum absolute atomic E-state index is 14.7. The first-order valence-corrected chi connectivity index (χ1v) is 8.71. The van der Waals surface area contributed by atoms with E-state index >= 15 is 0 Å². The highest BCUT2D eigenvalue weighted by Gasteiger charge is 2.54. The van der Waals surface area contributed by atoms with Crippen LogP contribution in [0.25, 0.3) is 0 Å². The van der Waals surface area contributed by atoms with Crippen LogP contribution in [-0.4, -0.2) is 34.9 Å². The van der Waals surface area contributed by atoms with Gasteiger partial charge in [0.05, 0.1) is 17.8 Å². The first-order chi connectivity index (χ1) is 11.5. The first-order valence-electron chi connectivity index (χ1n) is 8.71. The summed E-state index contributed by atoms with van der Waals surface area (Å²) in [7, 11) is -0.953. The van der Waals surface area contributed by atoms with Gasteiger partial charge in [0.25, 0.3) is 0 Å². The molecule has 1 aromatic rings. The van der Waals surface area contributed by atoms with Crippen molar-refractivity contribution in [1.82, 2.24) is 9.97 Å². The second-order valence-corrected chi connectivity index (χ2v) is 8.16. The van der Waals surface area contributed by atoms with Gasteiger partial charge in [-0.15, -0.1) is 0 Å². The molecule has 3 rings (SSSR count). The fourth-order valence-electron chi connectivity index (χ4n) is 2.78. The van der Waals surface area contributed by atoms with Gasteiger partial charge in [-0.25, -0.2) is 9.37 Å². The van der Waals surface area contributed by atoms with Crippen LogP contribution in [0.2, 0.25) is 0 Å². The van der Waals surface area contributed by atoms with Crippen LogP contribution >= 0.6 is 0 Å². The Morgan fingerprint density at radius 1 is 1.20 bits per heavy atom. The zero-order valence-electron chi connectivity index (χ0n) is 15.9. The summed E-state index contributed by atoms with van der Waals surface area (Å²) >= 11 is 0. The highest BCUT2D eigenvalue weighted by atomic mass is 19.1. The highest BCUT2D eigenvalue weighted by molar-refractivity contribution is 6.53. The normalized spacial score (nSPS) is 23.6. The molecule has 7 heteroatoms. The fraction of sp³-hybridized carbons (Fsp3) is 0.667. The number of aromatic nitrogens is 2. The predicted molar refractivity (Wildman–Crippen MR) is 93.9 cm³/mol. The predicted octanol–water partition coefficient (Wildman–Crippen LogP) is 3.74. The molecule has 1 aliphatic carbocycles. The second-order valence-electron chi connectivity index (χ2n) is 8.16. The molecule has 0 bridgehead atoms. The molecule has 0 N–H and O–H groups in total. The molecule has 1 aromatic heterocycles. The Labute approximate surface area is 149 Å². The van der Waals surface area contributed by atoms with Gasteiger partial charge in [-0.2, -0.15) is 4.98 Å². The number of halogens is 1. The van der Waals surface area contributed by atoms with Gasteiger partial charge in [0.15, 0.2) is 0 Å². The van der Waals surface area contributed by atoms with E-state index in [-0.39, 0.29) is 11.1 Å². The summed E-state index contributed by atoms with van der Waals surface area (Å²) in [5.41, 5.74) is -0.931. The summed E-state index contributed by atoms with van der Waals surface area (Å²) in [5, 5.41) is 0. The number of ether oxygens (including phenoxy) is 1. The number of rotatable bonds is 5. The number of nitrogens with zero attached hydrogens (tertiary/aromatic N) is 2. The molecular weight excluding hydrogens is 322 g/mol. The molecule has 2 aliphatic rings. The molecule has 136 valence electrons. The molecule has 2 heterocycles. The lowest BCUT2D eigenvalue weighted by atomic mass is 9.85. The monoisotopic (exact) mass is 348 g/mol. The van der Waals surface area contributed by atoms with E-state index in [2.05, 4.69) is 9.97 Å². The van der Waals surface area contributed by atoms with Gasteiger partial charge in [-0.05, 0) is 60.5 Å². The van der Waals surface area contributed by atoms with Crippen LogP contribution in [0.15, 0.2) is 17.9 Å². The Balaban J connectivity index is 1.66. The average Bonchev–Trinajstić information content (AvgIpc) is 3.18. The third-order valence-corrected chi connectivity index (χ3v) is 5.26. The van der Waals surface area contributed by atoms with E-state index in [1.807, 2.05) is 41.5 Å². The molecule has 0 atom stereocenters. The molecular formula is C18H26BFN2O3. The van der Waals surface area contributed by atoms with Gasteiger partial charge in [0.2, 0.25) is 5.88 Å². The van der Waals surface area contributed by atoms with Crippen LogP contribution in [-0.2, 0) is 9.31 Å². The zero-order chi connectivity index (χ0) is 18.5. The molecule has 1 saturated heterocycles. The lowest BCUT2D eigenvalue weighted by molar-refractivity contribution is 0.00578. The van der Waals surface area contributed by atoms with Crippen molar-refractivity contribution >= 4 is 7.12 Å². The lowest BCUT2D eigenvalue weighted by Crippen LogP contribution is -2.41. The van der Waals surface area contributed by atoms with Gasteiger partial charge >= 0.3 is 7.12 Å². The molecule has 1 saturated carbocycles. The van der Waals surface area contributed by atoms with Crippen LogP contribution in [0.1, 0.15) is 52.1 Å². The van der Waals surface area contributed by atoms with Gasteiger partial charge < -0.3 is 14.0 Å². The van der Waals surface area contributed by atoms with E-state index in [0.717, 1.165) is 18.5 Å². The van der Waals surface area contributed by atoms with E-state index in [9.17, 15) is 4.39 Å². The first kappa shape index (κ1) is 18.3. The Bertz CT molecular complexity index is 665. The maximum atomic E-state index is 14.7. The van der Waals surface area contributed by atoms with Gasteiger partial charge in [0, 0.05) is 17.2 Å². The topological polar surface area (TPSA) is 53.5 Å². The highest BCUT2D eigenvalue weighted by Crippen LogP contribution is 2.49. The van der Waals surface area contributed by atoms with Gasteiger partial charge in [-0.1, -0.05) is 0 Å². The van der Waals surface area contributed by atoms with E-state index in [1.54, 1.807) is 12.1 Å². The quantitative estimate of drug-likeness (QED) is 0.759. The summed E-state index contributed by atoms with van der Waals surface area (Å²) in [6.07, 6.45) is 3.36. The van der Waals surface area contributed by atoms with Crippen LogP contribution in [0.4, 0.5) is 4.39 Å². The Hall–Kier alpha value is -1.47. The largest absolute Gasteiger partial charge is 0.524 e. The van der Waals surface area contributed by atoms with Crippen molar-refractivity contribution in [3.8, 4) is 5.88 Å². The molecule has 5 nitrogen and oxygen atoms in total. The summed E-state index contributed by atoms with van der Waals surface area (Å²) in [4.78, 5) is 8.49. The molecule has 1 aliphatic heterocycles. The van der Waals surface area contributed by atoms with Crippen LogP contribution < -0.4 is 4.74 Å². The number of hydrogen-bond acceptors (Lipinski definition) is 5. The number of aryl methyl sites for hydroxylation is 2. The number of hydrogen-bond donors (Lipinski definition) is 0. The second kappa shape index (κ2) is 6.06. The zero-order valence-corrected chi connectivity index (χ0v) is 15.9. The van der Waals surface area contributed by atoms with Crippen molar-refractivity contribution in [3.05, 3.63) is 29.4 Å². The van der Waals surface area contributed by atoms with Crippen LogP contribution in [0.5, 0.6) is 5.88 Å². The van der Waals surface area contributed by atoms with E-state index in [4.69, 9.17) is 14.0 Å². The van der Waals surface area contributed by atoms with Gasteiger partial charge in [0.1, 0.15) is 11.6 Å². The van der Waals surface area contributed by atoms with Crippen molar-refractivity contribution in [1.29, 1.82) is 0 Å². The Kier molecular flexibility index (Phi) is 4.44. The summed E-state index contributed by atoms with van der Waals surface area (Å²) in [6, 6.07) is 1.79. The van der Waals surface area contributed by atoms with Crippen molar-refractivity contribution < 1.29 is 18.4 Å². The van der Waals surface area contributed by atoms with Crippen LogP contribution in [0, 0.1) is 19.3 Å². The minimum absolute atomic E-state index is 0.305. The minimum atomic E-state index is -0.953.